The van der Waals surface area contributed by atoms with E-state index in [-0.39, 0.29) is 18.0 Å². The van der Waals surface area contributed by atoms with Gasteiger partial charge in [0.15, 0.2) is 11.6 Å². The van der Waals surface area contributed by atoms with Crippen molar-refractivity contribution in [1.29, 1.82) is 0 Å². The molecule has 19 heavy (non-hydrogen) atoms. The van der Waals surface area contributed by atoms with Crippen molar-refractivity contribution in [1.82, 2.24) is 10.2 Å². The van der Waals surface area contributed by atoms with E-state index in [0.717, 1.165) is 12.1 Å². The van der Waals surface area contributed by atoms with Gasteiger partial charge in [-0.3, -0.25) is 4.79 Å². The molecule has 6 heteroatoms. The Kier molecular flexibility index (Phi) is 5.38. The van der Waals surface area contributed by atoms with Crippen LogP contribution in [0.4, 0.5) is 8.78 Å². The van der Waals surface area contributed by atoms with Crippen LogP contribution >= 0.6 is 0 Å². The molecular weight excluding hydrogens is 254 g/mol. The first-order chi connectivity index (χ1) is 8.82. The van der Waals surface area contributed by atoms with E-state index in [1.807, 2.05) is 0 Å². The van der Waals surface area contributed by atoms with Crippen molar-refractivity contribution in [2.24, 2.45) is 0 Å². The number of nitrogens with zero attached hydrogens (tertiary/aromatic N) is 1. The molecule has 2 atom stereocenters. The van der Waals surface area contributed by atoms with Gasteiger partial charge in [-0.15, -0.1) is 0 Å². The molecule has 0 aliphatic carbocycles. The van der Waals surface area contributed by atoms with Crippen molar-refractivity contribution in [3.05, 3.63) is 35.4 Å². The summed E-state index contributed by atoms with van der Waals surface area (Å²) in [4.78, 5) is 13.0. The average molecular weight is 272 g/mol. The fraction of sp³-hybridized carbons (Fsp3) is 0.462. The number of carbonyl (C=O) groups is 1. The Morgan fingerprint density at radius 1 is 1.37 bits per heavy atom. The van der Waals surface area contributed by atoms with Crippen molar-refractivity contribution < 1.29 is 18.7 Å². The Hall–Kier alpha value is -1.53. The molecule has 0 aliphatic rings. The lowest BCUT2D eigenvalue weighted by Crippen LogP contribution is -2.42. The summed E-state index contributed by atoms with van der Waals surface area (Å²) in [5.41, 5.74) is 0.260. The van der Waals surface area contributed by atoms with Crippen LogP contribution in [0.25, 0.3) is 0 Å². The molecule has 106 valence electrons. The summed E-state index contributed by atoms with van der Waals surface area (Å²) in [6.07, 6.45) is -1.01. The highest BCUT2D eigenvalue weighted by Crippen LogP contribution is 2.15. The topological polar surface area (TPSA) is 52.6 Å². The van der Waals surface area contributed by atoms with Crippen LogP contribution < -0.4 is 5.32 Å². The van der Waals surface area contributed by atoms with Gasteiger partial charge in [0, 0.05) is 20.6 Å². The molecular formula is C13H18F2N2O2. The number of benzene rings is 1. The third-order valence-electron chi connectivity index (χ3n) is 2.76. The second-order valence-electron chi connectivity index (χ2n) is 4.55. The SMILES string of the molecule is CC(NCC(O)c1ccc(F)c(F)c1)C(=O)N(C)C. The maximum absolute atomic E-state index is 13.0. The van der Waals surface area contributed by atoms with E-state index < -0.39 is 23.8 Å². The quantitative estimate of drug-likeness (QED) is 0.843. The minimum absolute atomic E-state index is 0.0752. The summed E-state index contributed by atoms with van der Waals surface area (Å²) in [5, 5.41) is 12.7. The van der Waals surface area contributed by atoms with E-state index >= 15 is 0 Å². The van der Waals surface area contributed by atoms with Gasteiger partial charge in [-0.25, -0.2) is 8.78 Å². The predicted molar refractivity (Wildman–Crippen MR) is 67.5 cm³/mol. The number of rotatable bonds is 5. The number of hydrogen-bond acceptors (Lipinski definition) is 3. The number of hydrogen-bond donors (Lipinski definition) is 2. The maximum Gasteiger partial charge on any atom is 0.238 e. The van der Waals surface area contributed by atoms with Gasteiger partial charge in [0.25, 0.3) is 0 Å². The molecule has 0 aliphatic heterocycles. The Balaban J connectivity index is 2.58. The van der Waals surface area contributed by atoms with Crippen molar-refractivity contribution in [2.45, 2.75) is 19.1 Å². The monoisotopic (exact) mass is 272 g/mol. The molecule has 0 saturated carbocycles. The lowest BCUT2D eigenvalue weighted by molar-refractivity contribution is -0.130. The maximum atomic E-state index is 13.0. The Morgan fingerprint density at radius 3 is 2.53 bits per heavy atom. The van der Waals surface area contributed by atoms with E-state index in [4.69, 9.17) is 0 Å². The molecule has 4 nitrogen and oxygen atoms in total. The highest BCUT2D eigenvalue weighted by Gasteiger charge is 2.17. The highest BCUT2D eigenvalue weighted by molar-refractivity contribution is 5.80. The van der Waals surface area contributed by atoms with Gasteiger partial charge in [-0.1, -0.05) is 6.07 Å². The first-order valence-corrected chi connectivity index (χ1v) is 5.90. The normalized spacial score (nSPS) is 14.0. The molecule has 0 radical (unpaired) electrons. The molecule has 1 aromatic carbocycles. The second-order valence-corrected chi connectivity index (χ2v) is 4.55. The van der Waals surface area contributed by atoms with Crippen LogP contribution in [0.3, 0.4) is 0 Å². The van der Waals surface area contributed by atoms with E-state index in [1.54, 1.807) is 21.0 Å². The molecule has 0 bridgehead atoms. The first-order valence-electron chi connectivity index (χ1n) is 5.90. The van der Waals surface area contributed by atoms with Crippen molar-refractivity contribution in [2.75, 3.05) is 20.6 Å². The zero-order valence-corrected chi connectivity index (χ0v) is 11.2. The van der Waals surface area contributed by atoms with Gasteiger partial charge in [-0.05, 0) is 24.6 Å². The van der Waals surface area contributed by atoms with Crippen LogP contribution in [0.15, 0.2) is 18.2 Å². The summed E-state index contributed by atoms with van der Waals surface area (Å²) in [5.74, 6) is -2.09. The van der Waals surface area contributed by atoms with Gasteiger partial charge in [-0.2, -0.15) is 0 Å². The lowest BCUT2D eigenvalue weighted by atomic mass is 10.1. The molecule has 0 spiro atoms. The van der Waals surface area contributed by atoms with E-state index in [2.05, 4.69) is 5.32 Å². The van der Waals surface area contributed by atoms with Crippen molar-refractivity contribution >= 4 is 5.91 Å². The fourth-order valence-corrected chi connectivity index (χ4v) is 1.60. The molecule has 0 heterocycles. The third kappa shape index (κ3) is 4.25. The molecule has 2 N–H and O–H groups in total. The summed E-state index contributed by atoms with van der Waals surface area (Å²) in [6.45, 7) is 1.74. The van der Waals surface area contributed by atoms with E-state index in [9.17, 15) is 18.7 Å². The molecule has 1 amide bonds. The number of amides is 1. The fourth-order valence-electron chi connectivity index (χ4n) is 1.60. The molecule has 0 fully saturated rings. The minimum Gasteiger partial charge on any atom is -0.387 e. The van der Waals surface area contributed by atoms with Gasteiger partial charge in [0.05, 0.1) is 12.1 Å². The van der Waals surface area contributed by atoms with Crippen LogP contribution in [-0.2, 0) is 4.79 Å². The van der Waals surface area contributed by atoms with Crippen LogP contribution in [0.2, 0.25) is 0 Å². The number of carbonyl (C=O) groups excluding carboxylic acids is 1. The zero-order valence-electron chi connectivity index (χ0n) is 11.2. The predicted octanol–water partition coefficient (Wildman–Crippen LogP) is 1.06. The zero-order chi connectivity index (χ0) is 14.6. The number of nitrogens with one attached hydrogen (secondary N) is 1. The van der Waals surface area contributed by atoms with Gasteiger partial charge < -0.3 is 15.3 Å². The lowest BCUT2D eigenvalue weighted by Gasteiger charge is -2.20. The molecule has 1 rings (SSSR count). The Bertz CT molecular complexity index is 452. The average Bonchev–Trinajstić information content (AvgIpc) is 2.37. The van der Waals surface area contributed by atoms with Crippen molar-refractivity contribution in [3.63, 3.8) is 0 Å². The number of halogens is 2. The largest absolute Gasteiger partial charge is 0.387 e. The standard InChI is InChI=1S/C13H18F2N2O2/c1-8(13(19)17(2)3)16-7-12(18)9-4-5-10(14)11(15)6-9/h4-6,8,12,16,18H,7H2,1-3H3. The minimum atomic E-state index is -1.01. The van der Waals surface area contributed by atoms with Crippen LogP contribution in [0.1, 0.15) is 18.6 Å². The summed E-state index contributed by atoms with van der Waals surface area (Å²) in [7, 11) is 3.26. The molecule has 0 saturated heterocycles. The summed E-state index contributed by atoms with van der Waals surface area (Å²) in [6, 6.07) is 2.75. The number of likely N-dealkylation sites (N-methyl/N-ethyl adjacent to an activating group) is 1. The van der Waals surface area contributed by atoms with Crippen LogP contribution in [0, 0.1) is 11.6 Å². The van der Waals surface area contributed by atoms with E-state index in [1.165, 1.54) is 11.0 Å². The molecule has 1 aromatic rings. The van der Waals surface area contributed by atoms with Crippen LogP contribution in [-0.4, -0.2) is 42.6 Å². The van der Waals surface area contributed by atoms with E-state index in [0.29, 0.717) is 0 Å². The Labute approximate surface area is 111 Å². The smallest absolute Gasteiger partial charge is 0.238 e. The molecule has 2 unspecified atom stereocenters. The summed E-state index contributed by atoms with van der Waals surface area (Å²) < 4.78 is 25.8. The number of aliphatic hydroxyl groups is 1. The molecule has 0 aromatic heterocycles. The highest BCUT2D eigenvalue weighted by atomic mass is 19.2. The van der Waals surface area contributed by atoms with Gasteiger partial charge in [0.2, 0.25) is 5.91 Å². The van der Waals surface area contributed by atoms with Crippen molar-refractivity contribution in [3.8, 4) is 0 Å². The second kappa shape index (κ2) is 6.58. The third-order valence-corrected chi connectivity index (χ3v) is 2.76. The first kappa shape index (κ1) is 15.5. The summed E-state index contributed by atoms with van der Waals surface area (Å²) >= 11 is 0. The Morgan fingerprint density at radius 2 is 2.00 bits per heavy atom. The van der Waals surface area contributed by atoms with Gasteiger partial charge >= 0.3 is 0 Å². The number of aliphatic hydroxyl groups excluding tert-OH is 1. The van der Waals surface area contributed by atoms with Gasteiger partial charge in [0.1, 0.15) is 0 Å². The van der Waals surface area contributed by atoms with Crippen LogP contribution in [0.5, 0.6) is 0 Å².